The number of aliphatic carboxylic acids is 1. The van der Waals surface area contributed by atoms with E-state index < -0.39 is 12.0 Å². The number of nitrogens with zero attached hydrogens (tertiary/aromatic N) is 2. The van der Waals surface area contributed by atoms with Crippen LogP contribution >= 0.6 is 0 Å². The molecule has 3 rings (SSSR count). The predicted molar refractivity (Wildman–Crippen MR) is 99.9 cm³/mol. The van der Waals surface area contributed by atoms with Gasteiger partial charge in [0.2, 0.25) is 5.91 Å². The number of carboxylic acid groups (broad SMARTS) is 1. The number of carbonyl (C=O) groups is 2. The third kappa shape index (κ3) is 3.88. The van der Waals surface area contributed by atoms with E-state index in [1.807, 2.05) is 18.2 Å². The monoisotopic (exact) mass is 376 g/mol. The first kappa shape index (κ1) is 19.5. The molecule has 0 aromatic heterocycles. The minimum atomic E-state index is -0.900. The Labute approximate surface area is 159 Å². The molecule has 1 amide bonds. The Balaban J connectivity index is 1.68. The quantitative estimate of drug-likeness (QED) is 0.847. The highest BCUT2D eigenvalue weighted by Gasteiger charge is 2.49. The lowest BCUT2D eigenvalue weighted by atomic mass is 9.76. The number of carboxylic acids is 1. The van der Waals surface area contributed by atoms with Crippen molar-refractivity contribution in [2.45, 2.75) is 38.8 Å². The van der Waals surface area contributed by atoms with Crippen LogP contribution in [0.5, 0.6) is 11.5 Å². The van der Waals surface area contributed by atoms with E-state index >= 15 is 0 Å². The summed E-state index contributed by atoms with van der Waals surface area (Å²) in [6.07, 6.45) is 2.32. The molecule has 2 fully saturated rings. The number of rotatable bonds is 5. The Kier molecular flexibility index (Phi) is 5.60. The summed E-state index contributed by atoms with van der Waals surface area (Å²) in [4.78, 5) is 27.3. The summed E-state index contributed by atoms with van der Waals surface area (Å²) in [5.74, 6) is 0.567. The van der Waals surface area contributed by atoms with Gasteiger partial charge in [-0.25, -0.2) is 4.79 Å². The first-order chi connectivity index (χ1) is 12.9. The van der Waals surface area contributed by atoms with Crippen LogP contribution in [-0.2, 0) is 16.1 Å². The Hall–Kier alpha value is -2.28. The summed E-state index contributed by atoms with van der Waals surface area (Å²) < 4.78 is 11.0. The molecule has 0 bridgehead atoms. The molecule has 1 spiro atoms. The number of hydrogen-bond acceptors (Lipinski definition) is 5. The number of methoxy groups -OCH3 is 2. The molecule has 1 aromatic carbocycles. The van der Waals surface area contributed by atoms with Gasteiger partial charge in [-0.2, -0.15) is 0 Å². The molecule has 7 nitrogen and oxygen atoms in total. The third-order valence-corrected chi connectivity index (χ3v) is 6.03. The molecule has 2 aliphatic heterocycles. The predicted octanol–water partition coefficient (Wildman–Crippen LogP) is 1.99. The average molecular weight is 376 g/mol. The molecule has 0 saturated carbocycles. The van der Waals surface area contributed by atoms with Crippen molar-refractivity contribution in [3.05, 3.63) is 23.8 Å². The fourth-order valence-corrected chi connectivity index (χ4v) is 4.46. The van der Waals surface area contributed by atoms with Gasteiger partial charge in [-0.3, -0.25) is 9.69 Å². The van der Waals surface area contributed by atoms with Gasteiger partial charge in [-0.15, -0.1) is 0 Å². The molecule has 1 N–H and O–H groups in total. The van der Waals surface area contributed by atoms with Crippen molar-refractivity contribution >= 4 is 11.9 Å². The highest BCUT2D eigenvalue weighted by atomic mass is 16.5. The van der Waals surface area contributed by atoms with Crippen LogP contribution in [0.1, 0.15) is 31.7 Å². The Morgan fingerprint density at radius 3 is 2.22 bits per heavy atom. The molecule has 7 heteroatoms. The van der Waals surface area contributed by atoms with Crippen molar-refractivity contribution < 1.29 is 24.2 Å². The maximum Gasteiger partial charge on any atom is 0.326 e. The van der Waals surface area contributed by atoms with Crippen LogP contribution in [0.3, 0.4) is 0 Å². The zero-order valence-electron chi connectivity index (χ0n) is 16.2. The van der Waals surface area contributed by atoms with E-state index in [9.17, 15) is 14.7 Å². The topological polar surface area (TPSA) is 79.3 Å². The lowest BCUT2D eigenvalue weighted by Gasteiger charge is -2.39. The number of likely N-dealkylation sites (tertiary alicyclic amines) is 2. The van der Waals surface area contributed by atoms with E-state index in [2.05, 4.69) is 4.90 Å². The van der Waals surface area contributed by atoms with Crippen LogP contribution in [0, 0.1) is 5.41 Å². The van der Waals surface area contributed by atoms with Gasteiger partial charge in [0.1, 0.15) is 17.5 Å². The Bertz CT molecular complexity index is 666. The largest absolute Gasteiger partial charge is 0.496 e. The number of piperidine rings is 1. The van der Waals surface area contributed by atoms with Gasteiger partial charge in [0, 0.05) is 20.0 Å². The fraction of sp³-hybridized carbons (Fsp3) is 0.600. The molecule has 2 saturated heterocycles. The number of carbonyl (C=O) groups excluding carboxylic acids is 1. The lowest BCUT2D eigenvalue weighted by Crippen LogP contribution is -2.42. The molecule has 2 heterocycles. The van der Waals surface area contributed by atoms with Crippen LogP contribution < -0.4 is 9.47 Å². The van der Waals surface area contributed by atoms with Crippen LogP contribution in [0.4, 0.5) is 0 Å². The summed E-state index contributed by atoms with van der Waals surface area (Å²) in [6.45, 7) is 4.45. The van der Waals surface area contributed by atoms with Gasteiger partial charge in [-0.1, -0.05) is 6.07 Å². The molecule has 0 radical (unpaired) electrons. The number of benzene rings is 1. The Morgan fingerprint density at radius 2 is 1.78 bits per heavy atom. The zero-order valence-corrected chi connectivity index (χ0v) is 16.2. The van der Waals surface area contributed by atoms with E-state index in [1.54, 1.807) is 14.2 Å². The summed E-state index contributed by atoms with van der Waals surface area (Å²) in [6, 6.07) is 5.08. The van der Waals surface area contributed by atoms with Gasteiger partial charge < -0.3 is 19.5 Å². The number of amides is 1. The number of hydrogen-bond donors (Lipinski definition) is 1. The molecule has 0 aliphatic carbocycles. The molecular weight excluding hydrogens is 348 g/mol. The number of ether oxygens (including phenoxy) is 2. The molecule has 27 heavy (non-hydrogen) atoms. The highest BCUT2D eigenvalue weighted by Crippen LogP contribution is 2.44. The van der Waals surface area contributed by atoms with Crippen molar-refractivity contribution in [3.63, 3.8) is 0 Å². The third-order valence-electron chi connectivity index (χ3n) is 6.03. The zero-order chi connectivity index (χ0) is 19.6. The van der Waals surface area contributed by atoms with Gasteiger partial charge in [0.25, 0.3) is 0 Å². The standard InChI is InChI=1S/C20H28N2O5/c1-14(23)22-13-20(11-16(22)19(24)25)7-9-21(10-8-20)12-15-17(26-2)5-4-6-18(15)27-3/h4-6,16H,7-13H2,1-3H3,(H,24,25)/t16-/m0/s1. The minimum Gasteiger partial charge on any atom is -0.496 e. The summed E-state index contributed by atoms with van der Waals surface area (Å²) in [7, 11) is 3.31. The van der Waals surface area contributed by atoms with Crippen LogP contribution in [-0.4, -0.2) is 66.7 Å². The van der Waals surface area contributed by atoms with E-state index in [1.165, 1.54) is 11.8 Å². The van der Waals surface area contributed by atoms with Crippen molar-refractivity contribution in [2.75, 3.05) is 33.9 Å². The molecule has 148 valence electrons. The normalized spacial score (nSPS) is 22.0. The maximum atomic E-state index is 11.9. The maximum absolute atomic E-state index is 11.9. The summed E-state index contributed by atoms with van der Waals surface area (Å²) >= 11 is 0. The highest BCUT2D eigenvalue weighted by molar-refractivity contribution is 5.83. The van der Waals surface area contributed by atoms with E-state index in [-0.39, 0.29) is 11.3 Å². The SMILES string of the molecule is COc1cccc(OC)c1CN1CCC2(CC1)C[C@@H](C(=O)O)N(C(C)=O)C2. The van der Waals surface area contributed by atoms with E-state index in [0.717, 1.165) is 49.5 Å². The molecule has 0 unspecified atom stereocenters. The molecule has 1 atom stereocenters. The van der Waals surface area contributed by atoms with Crippen LogP contribution in [0.15, 0.2) is 18.2 Å². The van der Waals surface area contributed by atoms with E-state index in [0.29, 0.717) is 13.0 Å². The Morgan fingerprint density at radius 1 is 1.19 bits per heavy atom. The summed E-state index contributed by atoms with van der Waals surface area (Å²) in [5, 5.41) is 9.48. The smallest absolute Gasteiger partial charge is 0.326 e. The first-order valence-corrected chi connectivity index (χ1v) is 9.31. The van der Waals surface area contributed by atoms with Gasteiger partial charge in [-0.05, 0) is 49.9 Å². The fourth-order valence-electron chi connectivity index (χ4n) is 4.46. The van der Waals surface area contributed by atoms with Crippen LogP contribution in [0.25, 0.3) is 0 Å². The van der Waals surface area contributed by atoms with Crippen LogP contribution in [0.2, 0.25) is 0 Å². The van der Waals surface area contributed by atoms with Gasteiger partial charge in [0.05, 0.1) is 19.8 Å². The lowest BCUT2D eigenvalue weighted by molar-refractivity contribution is -0.147. The molecule has 2 aliphatic rings. The second-order valence-electron chi connectivity index (χ2n) is 7.62. The molecule has 1 aromatic rings. The van der Waals surface area contributed by atoms with Crippen molar-refractivity contribution in [1.29, 1.82) is 0 Å². The minimum absolute atomic E-state index is 0.0872. The molecular formula is C20H28N2O5. The average Bonchev–Trinajstić information content (AvgIpc) is 3.04. The first-order valence-electron chi connectivity index (χ1n) is 9.31. The van der Waals surface area contributed by atoms with Crippen molar-refractivity contribution in [3.8, 4) is 11.5 Å². The van der Waals surface area contributed by atoms with E-state index in [4.69, 9.17) is 9.47 Å². The van der Waals surface area contributed by atoms with Crippen molar-refractivity contribution in [1.82, 2.24) is 9.80 Å². The second-order valence-corrected chi connectivity index (χ2v) is 7.62. The van der Waals surface area contributed by atoms with Gasteiger partial charge in [0.15, 0.2) is 0 Å². The van der Waals surface area contributed by atoms with Gasteiger partial charge >= 0.3 is 5.97 Å². The summed E-state index contributed by atoms with van der Waals surface area (Å²) in [5.41, 5.74) is 0.939. The van der Waals surface area contributed by atoms with Crippen molar-refractivity contribution in [2.24, 2.45) is 5.41 Å². The second kappa shape index (κ2) is 7.76.